The van der Waals surface area contributed by atoms with Gasteiger partial charge in [0.25, 0.3) is 0 Å². The van der Waals surface area contributed by atoms with Gasteiger partial charge in [-0.05, 0) is 12.8 Å². The minimum Gasteiger partial charge on any atom is -0.359 e. The first kappa shape index (κ1) is 22.4. The summed E-state index contributed by atoms with van der Waals surface area (Å²) >= 11 is 0. The van der Waals surface area contributed by atoms with Crippen LogP contribution in [0.1, 0.15) is 38.1 Å². The third kappa shape index (κ3) is 8.32. The number of hydrogen-bond donors (Lipinski definition) is 2. The Hall–Kier alpha value is -1.58. The third-order valence-corrected chi connectivity index (χ3v) is 3.03. The van der Waals surface area contributed by atoms with E-state index in [4.69, 9.17) is 4.52 Å². The number of amides is 1. The van der Waals surface area contributed by atoms with E-state index in [2.05, 4.69) is 41.2 Å². The molecule has 0 fully saturated rings. The smallest absolute Gasteiger partial charge is 0.243 e. The Bertz CT molecular complexity index is 567. The summed E-state index contributed by atoms with van der Waals surface area (Å²) < 4.78 is 5.28. The number of aliphatic imine (C=N–C) groups is 1. The van der Waals surface area contributed by atoms with Crippen molar-refractivity contribution in [2.75, 3.05) is 27.2 Å². The van der Waals surface area contributed by atoms with Crippen molar-refractivity contribution in [1.82, 2.24) is 20.7 Å². The van der Waals surface area contributed by atoms with Crippen LogP contribution in [-0.2, 0) is 11.3 Å². The SMILES string of the molecule is C=C(C)CNC(=NCC(=O)N(C)C)NCc1cc(C(C)C)no1.I. The Morgan fingerprint density at radius 1 is 1.42 bits per heavy atom. The summed E-state index contributed by atoms with van der Waals surface area (Å²) in [6.45, 7) is 11.0. The highest BCUT2D eigenvalue weighted by Crippen LogP contribution is 2.13. The quantitative estimate of drug-likeness (QED) is 0.289. The Labute approximate surface area is 161 Å². The van der Waals surface area contributed by atoms with Crippen molar-refractivity contribution in [1.29, 1.82) is 0 Å². The lowest BCUT2D eigenvalue weighted by molar-refractivity contribution is -0.127. The number of halogens is 1. The highest BCUT2D eigenvalue weighted by Gasteiger charge is 2.09. The molecule has 0 spiro atoms. The van der Waals surface area contributed by atoms with Crippen molar-refractivity contribution < 1.29 is 9.32 Å². The summed E-state index contributed by atoms with van der Waals surface area (Å²) in [5.41, 5.74) is 1.89. The Morgan fingerprint density at radius 3 is 2.58 bits per heavy atom. The lowest BCUT2D eigenvalue weighted by Gasteiger charge is -2.13. The molecule has 0 aliphatic heterocycles. The third-order valence-electron chi connectivity index (χ3n) is 3.03. The number of carbonyl (C=O) groups is 1. The van der Waals surface area contributed by atoms with Crippen LogP contribution in [0, 0.1) is 0 Å². The maximum Gasteiger partial charge on any atom is 0.243 e. The van der Waals surface area contributed by atoms with E-state index in [0.717, 1.165) is 17.0 Å². The standard InChI is InChI=1S/C16H27N5O2.HI/c1-11(2)8-17-16(19-10-15(22)21(5)6)18-9-13-7-14(12(3)4)20-23-13;/h7,12H,1,8-10H2,2-6H3,(H2,17,18,19);1H. The van der Waals surface area contributed by atoms with Crippen LogP contribution in [-0.4, -0.2) is 49.1 Å². The first-order valence-corrected chi connectivity index (χ1v) is 7.61. The van der Waals surface area contributed by atoms with Gasteiger partial charge >= 0.3 is 0 Å². The summed E-state index contributed by atoms with van der Waals surface area (Å²) in [5, 5.41) is 10.3. The summed E-state index contributed by atoms with van der Waals surface area (Å²) in [5.74, 6) is 1.51. The van der Waals surface area contributed by atoms with Gasteiger partial charge in [0.2, 0.25) is 5.91 Å². The maximum absolute atomic E-state index is 11.7. The Balaban J connectivity index is 0.00000529. The van der Waals surface area contributed by atoms with Crippen molar-refractivity contribution in [2.24, 2.45) is 4.99 Å². The highest BCUT2D eigenvalue weighted by molar-refractivity contribution is 14.0. The van der Waals surface area contributed by atoms with Gasteiger partial charge in [0.1, 0.15) is 6.54 Å². The number of nitrogens with zero attached hydrogens (tertiary/aromatic N) is 3. The fraction of sp³-hybridized carbons (Fsp3) is 0.562. The topological polar surface area (TPSA) is 82.8 Å². The zero-order valence-electron chi connectivity index (χ0n) is 15.0. The molecule has 0 aliphatic rings. The number of guanidine groups is 1. The maximum atomic E-state index is 11.7. The van der Waals surface area contributed by atoms with Gasteiger partial charge < -0.3 is 20.1 Å². The molecule has 1 amide bonds. The van der Waals surface area contributed by atoms with Crippen LogP contribution < -0.4 is 10.6 Å². The van der Waals surface area contributed by atoms with E-state index >= 15 is 0 Å². The van der Waals surface area contributed by atoms with Crippen LogP contribution in [0.15, 0.2) is 27.7 Å². The number of hydrogen-bond acceptors (Lipinski definition) is 4. The molecular formula is C16H28IN5O2. The van der Waals surface area contributed by atoms with E-state index in [1.54, 1.807) is 14.1 Å². The molecule has 1 heterocycles. The van der Waals surface area contributed by atoms with Gasteiger partial charge in [0, 0.05) is 26.7 Å². The zero-order chi connectivity index (χ0) is 17.4. The van der Waals surface area contributed by atoms with Crippen molar-refractivity contribution in [2.45, 2.75) is 33.2 Å². The van der Waals surface area contributed by atoms with Crippen molar-refractivity contribution >= 4 is 35.8 Å². The van der Waals surface area contributed by atoms with Crippen LogP contribution in [0.3, 0.4) is 0 Å². The second-order valence-corrected chi connectivity index (χ2v) is 5.99. The van der Waals surface area contributed by atoms with Gasteiger partial charge in [0.15, 0.2) is 11.7 Å². The fourth-order valence-corrected chi connectivity index (χ4v) is 1.55. The minimum absolute atomic E-state index is 0. The molecular weight excluding hydrogens is 421 g/mol. The van der Waals surface area contributed by atoms with Gasteiger partial charge in [-0.3, -0.25) is 4.79 Å². The number of likely N-dealkylation sites (N-methyl/N-ethyl adjacent to an activating group) is 1. The second kappa shape index (κ2) is 11.1. The molecule has 136 valence electrons. The fourth-order valence-electron chi connectivity index (χ4n) is 1.55. The first-order chi connectivity index (χ1) is 10.8. The van der Waals surface area contributed by atoms with Crippen molar-refractivity contribution in [3.63, 3.8) is 0 Å². The Kier molecular flexibility index (Phi) is 10.3. The molecule has 0 radical (unpaired) electrons. The van der Waals surface area contributed by atoms with Crippen LogP contribution in [0.5, 0.6) is 0 Å². The second-order valence-electron chi connectivity index (χ2n) is 5.99. The van der Waals surface area contributed by atoms with Crippen molar-refractivity contribution in [3.8, 4) is 0 Å². The van der Waals surface area contributed by atoms with Crippen LogP contribution in [0.2, 0.25) is 0 Å². The highest BCUT2D eigenvalue weighted by atomic mass is 127. The van der Waals surface area contributed by atoms with Gasteiger partial charge in [-0.1, -0.05) is 31.2 Å². The Morgan fingerprint density at radius 2 is 2.08 bits per heavy atom. The molecule has 0 atom stereocenters. The molecule has 7 nitrogen and oxygen atoms in total. The molecule has 0 aromatic carbocycles. The minimum atomic E-state index is -0.0665. The van der Waals surface area contributed by atoms with E-state index in [1.165, 1.54) is 4.90 Å². The molecule has 1 aromatic rings. The zero-order valence-corrected chi connectivity index (χ0v) is 17.4. The van der Waals surface area contributed by atoms with Gasteiger partial charge in [0.05, 0.1) is 12.2 Å². The molecule has 1 aromatic heterocycles. The average molecular weight is 449 g/mol. The largest absolute Gasteiger partial charge is 0.359 e. The predicted octanol–water partition coefficient (Wildman–Crippen LogP) is 2.12. The first-order valence-electron chi connectivity index (χ1n) is 7.61. The number of rotatable bonds is 7. The summed E-state index contributed by atoms with van der Waals surface area (Å²) in [7, 11) is 3.41. The predicted molar refractivity (Wildman–Crippen MR) is 107 cm³/mol. The van der Waals surface area contributed by atoms with Crippen LogP contribution >= 0.6 is 24.0 Å². The van der Waals surface area contributed by atoms with E-state index in [1.807, 2.05) is 13.0 Å². The van der Waals surface area contributed by atoms with E-state index < -0.39 is 0 Å². The molecule has 0 aliphatic carbocycles. The molecule has 0 bridgehead atoms. The molecule has 0 unspecified atom stereocenters. The van der Waals surface area contributed by atoms with E-state index in [9.17, 15) is 4.79 Å². The number of carbonyl (C=O) groups excluding carboxylic acids is 1. The average Bonchev–Trinajstić information content (AvgIpc) is 2.94. The lowest BCUT2D eigenvalue weighted by atomic mass is 10.1. The molecule has 0 saturated carbocycles. The van der Waals surface area contributed by atoms with Crippen LogP contribution in [0.4, 0.5) is 0 Å². The lowest BCUT2D eigenvalue weighted by Crippen LogP contribution is -2.38. The summed E-state index contributed by atoms with van der Waals surface area (Å²) in [6, 6.07) is 1.92. The normalized spacial score (nSPS) is 11.0. The summed E-state index contributed by atoms with van der Waals surface area (Å²) in [6.07, 6.45) is 0. The molecule has 0 saturated heterocycles. The number of aromatic nitrogens is 1. The van der Waals surface area contributed by atoms with Gasteiger partial charge in [-0.25, -0.2) is 4.99 Å². The van der Waals surface area contributed by atoms with E-state index in [0.29, 0.717) is 25.0 Å². The monoisotopic (exact) mass is 449 g/mol. The van der Waals surface area contributed by atoms with Gasteiger partial charge in [-0.2, -0.15) is 0 Å². The molecule has 2 N–H and O–H groups in total. The van der Waals surface area contributed by atoms with Gasteiger partial charge in [-0.15, -0.1) is 24.0 Å². The molecule has 8 heteroatoms. The molecule has 1 rings (SSSR count). The van der Waals surface area contributed by atoms with Crippen LogP contribution in [0.25, 0.3) is 0 Å². The molecule has 24 heavy (non-hydrogen) atoms. The summed E-state index contributed by atoms with van der Waals surface area (Å²) in [4.78, 5) is 17.4. The number of nitrogens with one attached hydrogen (secondary N) is 2. The van der Waals surface area contributed by atoms with E-state index in [-0.39, 0.29) is 36.4 Å². The van der Waals surface area contributed by atoms with Crippen molar-refractivity contribution in [3.05, 3.63) is 29.7 Å².